The van der Waals surface area contributed by atoms with Gasteiger partial charge in [-0.3, -0.25) is 14.2 Å². The van der Waals surface area contributed by atoms with Gasteiger partial charge in [0.05, 0.1) is 29.2 Å². The number of aromatic nitrogens is 2. The van der Waals surface area contributed by atoms with E-state index in [-0.39, 0.29) is 18.1 Å². The van der Waals surface area contributed by atoms with Gasteiger partial charge in [-0.2, -0.15) is 0 Å². The first-order valence-electron chi connectivity index (χ1n) is 12.6. The molecule has 3 aromatic carbocycles. The minimum Gasteiger partial charge on any atom is -0.484 e. The average molecular weight is 534 g/mol. The SMILES string of the molecule is CCC(c1nc2ccccc2c(=O)n1-c1ccc(C)c(C)c1)N(CCOC)C(=O)COc1ccc(Cl)cc1. The van der Waals surface area contributed by atoms with Crippen LogP contribution < -0.4 is 10.3 Å². The number of hydrogen-bond acceptors (Lipinski definition) is 5. The summed E-state index contributed by atoms with van der Waals surface area (Å²) in [6.07, 6.45) is 0.534. The number of amides is 1. The topological polar surface area (TPSA) is 73.7 Å². The predicted molar refractivity (Wildman–Crippen MR) is 150 cm³/mol. The fourth-order valence-corrected chi connectivity index (χ4v) is 4.56. The number of nitrogens with zero attached hydrogens (tertiary/aromatic N) is 3. The second kappa shape index (κ2) is 12.2. The molecule has 38 heavy (non-hydrogen) atoms. The Kier molecular flexibility index (Phi) is 8.81. The molecule has 7 nitrogen and oxygen atoms in total. The zero-order chi connectivity index (χ0) is 27.2. The van der Waals surface area contributed by atoms with E-state index in [0.717, 1.165) is 11.1 Å². The minimum absolute atomic E-state index is 0.177. The summed E-state index contributed by atoms with van der Waals surface area (Å²) in [6, 6.07) is 19.5. The number of ether oxygens (including phenoxy) is 2. The van der Waals surface area contributed by atoms with Gasteiger partial charge < -0.3 is 14.4 Å². The van der Waals surface area contributed by atoms with Crippen molar-refractivity contribution in [3.63, 3.8) is 0 Å². The van der Waals surface area contributed by atoms with E-state index >= 15 is 0 Å². The van der Waals surface area contributed by atoms with Crippen LogP contribution in [0.4, 0.5) is 0 Å². The highest BCUT2D eigenvalue weighted by molar-refractivity contribution is 6.30. The highest BCUT2D eigenvalue weighted by Crippen LogP contribution is 2.27. The number of benzene rings is 3. The van der Waals surface area contributed by atoms with Gasteiger partial charge >= 0.3 is 0 Å². The van der Waals surface area contributed by atoms with Crippen molar-refractivity contribution in [3.8, 4) is 11.4 Å². The summed E-state index contributed by atoms with van der Waals surface area (Å²) in [6.45, 7) is 6.48. The van der Waals surface area contributed by atoms with Crippen molar-refractivity contribution >= 4 is 28.4 Å². The molecule has 4 aromatic rings. The van der Waals surface area contributed by atoms with Gasteiger partial charge in [0.1, 0.15) is 11.6 Å². The Morgan fingerprint density at radius 1 is 1.05 bits per heavy atom. The van der Waals surface area contributed by atoms with Crippen molar-refractivity contribution in [1.29, 1.82) is 0 Å². The Balaban J connectivity index is 1.80. The molecule has 1 aromatic heterocycles. The molecule has 0 N–H and O–H groups in total. The van der Waals surface area contributed by atoms with Crippen LogP contribution >= 0.6 is 11.6 Å². The number of fused-ring (bicyclic) bond motifs is 1. The molecule has 0 aliphatic carbocycles. The smallest absolute Gasteiger partial charge is 0.266 e. The normalized spacial score (nSPS) is 11.9. The van der Waals surface area contributed by atoms with E-state index in [1.54, 1.807) is 46.9 Å². The molecule has 0 spiro atoms. The number of methoxy groups -OCH3 is 1. The van der Waals surface area contributed by atoms with E-state index in [1.165, 1.54) is 0 Å². The van der Waals surface area contributed by atoms with E-state index in [0.29, 0.717) is 52.8 Å². The molecule has 0 saturated heterocycles. The molecule has 0 saturated carbocycles. The van der Waals surface area contributed by atoms with E-state index in [4.69, 9.17) is 26.1 Å². The lowest BCUT2D eigenvalue weighted by molar-refractivity contribution is -0.137. The molecular weight excluding hydrogens is 502 g/mol. The fraction of sp³-hybridized carbons (Fsp3) is 0.300. The van der Waals surface area contributed by atoms with E-state index in [9.17, 15) is 9.59 Å². The van der Waals surface area contributed by atoms with E-state index in [1.807, 2.05) is 57.2 Å². The highest BCUT2D eigenvalue weighted by Gasteiger charge is 2.29. The maximum atomic E-state index is 13.9. The quantitative estimate of drug-likeness (QED) is 0.263. The van der Waals surface area contributed by atoms with Crippen LogP contribution in [0.5, 0.6) is 5.75 Å². The van der Waals surface area contributed by atoms with Gasteiger partial charge in [0.15, 0.2) is 6.61 Å². The molecule has 8 heteroatoms. The summed E-state index contributed by atoms with van der Waals surface area (Å²) in [5.41, 5.74) is 3.30. The van der Waals surface area contributed by atoms with Crippen molar-refractivity contribution in [2.45, 2.75) is 33.2 Å². The van der Waals surface area contributed by atoms with Crippen molar-refractivity contribution in [3.05, 3.63) is 99.1 Å². The van der Waals surface area contributed by atoms with Crippen LogP contribution in [0.1, 0.15) is 36.3 Å². The monoisotopic (exact) mass is 533 g/mol. The lowest BCUT2D eigenvalue weighted by Crippen LogP contribution is -2.42. The van der Waals surface area contributed by atoms with Crippen LogP contribution in [0.15, 0.2) is 71.5 Å². The molecule has 1 amide bonds. The fourth-order valence-electron chi connectivity index (χ4n) is 4.43. The van der Waals surface area contributed by atoms with Crippen LogP contribution in [0.3, 0.4) is 0 Å². The zero-order valence-electron chi connectivity index (χ0n) is 22.1. The third-order valence-electron chi connectivity index (χ3n) is 6.64. The molecule has 4 rings (SSSR count). The molecule has 198 valence electrons. The molecule has 1 heterocycles. The van der Waals surface area contributed by atoms with Crippen LogP contribution in [-0.2, 0) is 9.53 Å². The number of carbonyl (C=O) groups is 1. The Morgan fingerprint density at radius 2 is 1.79 bits per heavy atom. The van der Waals surface area contributed by atoms with Crippen LogP contribution in [-0.4, -0.2) is 47.2 Å². The molecule has 0 bridgehead atoms. The summed E-state index contributed by atoms with van der Waals surface area (Å²) >= 11 is 5.97. The molecule has 1 atom stereocenters. The Labute approximate surface area is 227 Å². The van der Waals surface area contributed by atoms with E-state index < -0.39 is 6.04 Å². The van der Waals surface area contributed by atoms with Gasteiger partial charge in [0.25, 0.3) is 11.5 Å². The van der Waals surface area contributed by atoms with Crippen molar-refractivity contribution in [1.82, 2.24) is 14.5 Å². The average Bonchev–Trinajstić information content (AvgIpc) is 2.92. The first-order valence-corrected chi connectivity index (χ1v) is 13.0. The maximum Gasteiger partial charge on any atom is 0.266 e. The first kappa shape index (κ1) is 27.4. The van der Waals surface area contributed by atoms with Gasteiger partial charge in [0.2, 0.25) is 0 Å². The Morgan fingerprint density at radius 3 is 2.47 bits per heavy atom. The number of para-hydroxylation sites is 1. The lowest BCUT2D eigenvalue weighted by atomic mass is 10.1. The third kappa shape index (κ3) is 5.90. The summed E-state index contributed by atoms with van der Waals surface area (Å²) in [7, 11) is 1.59. The van der Waals surface area contributed by atoms with Crippen molar-refractivity contribution in [2.75, 3.05) is 26.9 Å². The largest absolute Gasteiger partial charge is 0.484 e. The second-order valence-corrected chi connectivity index (χ2v) is 9.58. The number of halogens is 1. The number of hydrogen-bond donors (Lipinski definition) is 0. The second-order valence-electron chi connectivity index (χ2n) is 9.14. The molecule has 1 unspecified atom stereocenters. The lowest BCUT2D eigenvalue weighted by Gasteiger charge is -2.32. The first-order chi connectivity index (χ1) is 18.3. The summed E-state index contributed by atoms with van der Waals surface area (Å²) < 4.78 is 12.7. The van der Waals surface area contributed by atoms with Gasteiger partial charge in [-0.15, -0.1) is 0 Å². The molecule has 0 fully saturated rings. The van der Waals surface area contributed by atoms with Gasteiger partial charge in [0, 0.05) is 18.7 Å². The van der Waals surface area contributed by atoms with Gasteiger partial charge in [-0.05, 0) is 79.9 Å². The van der Waals surface area contributed by atoms with Crippen LogP contribution in [0, 0.1) is 13.8 Å². The number of rotatable bonds is 10. The predicted octanol–water partition coefficient (Wildman–Crippen LogP) is 5.66. The number of carbonyl (C=O) groups excluding carboxylic acids is 1. The van der Waals surface area contributed by atoms with E-state index in [2.05, 4.69) is 0 Å². The Bertz CT molecular complexity index is 1480. The van der Waals surface area contributed by atoms with Crippen molar-refractivity contribution in [2.24, 2.45) is 0 Å². The van der Waals surface area contributed by atoms with Crippen LogP contribution in [0.25, 0.3) is 16.6 Å². The molecular formula is C30H32ClN3O4. The molecule has 0 radical (unpaired) electrons. The van der Waals surface area contributed by atoms with Crippen molar-refractivity contribution < 1.29 is 14.3 Å². The molecule has 0 aliphatic heterocycles. The third-order valence-corrected chi connectivity index (χ3v) is 6.90. The van der Waals surface area contributed by atoms with Gasteiger partial charge in [-0.25, -0.2) is 4.98 Å². The molecule has 0 aliphatic rings. The standard InChI is InChI=1S/C30H32ClN3O4/c1-5-27(33(16-17-37-4)28(35)19-38-24-14-11-22(31)12-15-24)29-32-26-9-7-6-8-25(26)30(36)34(29)23-13-10-20(2)21(3)18-23/h6-15,18,27H,5,16-17,19H2,1-4H3. The summed E-state index contributed by atoms with van der Waals surface area (Å²) in [5, 5.41) is 1.10. The minimum atomic E-state index is -0.495. The van der Waals surface area contributed by atoms with Crippen LogP contribution in [0.2, 0.25) is 5.02 Å². The highest BCUT2D eigenvalue weighted by atomic mass is 35.5. The number of aryl methyl sites for hydroxylation is 2. The summed E-state index contributed by atoms with van der Waals surface area (Å²) in [4.78, 5) is 34.1. The zero-order valence-corrected chi connectivity index (χ0v) is 22.9. The summed E-state index contributed by atoms with van der Waals surface area (Å²) in [5.74, 6) is 0.798. The van der Waals surface area contributed by atoms with Gasteiger partial charge in [-0.1, -0.05) is 36.7 Å². The maximum absolute atomic E-state index is 13.9. The Hall–Kier alpha value is -3.68.